The molecule has 2 N–H and O–H groups in total. The van der Waals surface area contributed by atoms with Crippen molar-refractivity contribution in [2.24, 2.45) is 9.98 Å². The van der Waals surface area contributed by atoms with Gasteiger partial charge >= 0.3 is 4.87 Å². The highest BCUT2D eigenvalue weighted by Gasteiger charge is 2.08. The maximum atomic E-state index is 11.3. The van der Waals surface area contributed by atoms with Gasteiger partial charge in [-0.15, -0.1) is 0 Å². The molecule has 0 aliphatic carbocycles. The summed E-state index contributed by atoms with van der Waals surface area (Å²) in [5, 5.41) is 14.4. The van der Waals surface area contributed by atoms with Crippen LogP contribution in [0.3, 0.4) is 0 Å². The largest absolute Gasteiger partial charge is 0.493 e. The Kier molecular flexibility index (Phi) is 4.24. The number of aromatic amines is 1. The van der Waals surface area contributed by atoms with Crippen molar-refractivity contribution in [1.29, 1.82) is 0 Å². The van der Waals surface area contributed by atoms with E-state index in [4.69, 9.17) is 23.2 Å². The lowest BCUT2D eigenvalue weighted by atomic mass is 10.2. The van der Waals surface area contributed by atoms with E-state index in [2.05, 4.69) is 20.0 Å². The van der Waals surface area contributed by atoms with Crippen molar-refractivity contribution < 1.29 is 5.11 Å². The topological polar surface area (TPSA) is 90.7 Å². The fourth-order valence-electron chi connectivity index (χ4n) is 3.01. The Labute approximate surface area is 176 Å². The smallest absolute Gasteiger partial charge is 0.307 e. The molecule has 1 aliphatic heterocycles. The highest BCUT2D eigenvalue weighted by molar-refractivity contribution is 7.10. The second kappa shape index (κ2) is 6.81. The number of thiazole rings is 1. The predicted molar refractivity (Wildman–Crippen MR) is 113 cm³/mol. The van der Waals surface area contributed by atoms with Crippen LogP contribution in [0.1, 0.15) is 4.88 Å². The first kappa shape index (κ1) is 18.1. The zero-order chi connectivity index (χ0) is 20.1. The van der Waals surface area contributed by atoms with Crippen LogP contribution in [-0.2, 0) is 0 Å². The van der Waals surface area contributed by atoms with E-state index in [9.17, 15) is 9.90 Å². The number of rotatable bonds is 1. The molecule has 0 atom stereocenters. The summed E-state index contributed by atoms with van der Waals surface area (Å²) in [6, 6.07) is 12.9. The number of fused-ring (bicyclic) bond motifs is 2. The van der Waals surface area contributed by atoms with Gasteiger partial charge in [0.15, 0.2) is 5.82 Å². The maximum Gasteiger partial charge on any atom is 0.307 e. The predicted octanol–water partition coefficient (Wildman–Crippen LogP) is 1.84. The van der Waals surface area contributed by atoms with Crippen LogP contribution < -0.4 is 26.2 Å². The van der Waals surface area contributed by atoms with E-state index in [1.807, 2.05) is 30.3 Å². The van der Waals surface area contributed by atoms with E-state index >= 15 is 0 Å². The minimum Gasteiger partial charge on any atom is -0.493 e. The van der Waals surface area contributed by atoms with Crippen molar-refractivity contribution in [2.45, 2.75) is 0 Å². The van der Waals surface area contributed by atoms with E-state index in [1.54, 1.807) is 18.2 Å². The van der Waals surface area contributed by atoms with Crippen LogP contribution in [0.2, 0.25) is 10.0 Å². The third-order valence-electron chi connectivity index (χ3n) is 4.37. The first-order valence-corrected chi connectivity index (χ1v) is 10.0. The molecule has 0 amide bonds. The molecule has 6 nitrogen and oxygen atoms in total. The fourth-order valence-corrected chi connectivity index (χ4v) is 4.00. The normalized spacial score (nSPS) is 13.4. The number of hydrogen-bond acceptors (Lipinski definition) is 6. The third-order valence-corrected chi connectivity index (χ3v) is 5.92. The monoisotopic (exact) mass is 440 g/mol. The Bertz CT molecular complexity index is 1580. The molecule has 142 valence electrons. The Morgan fingerprint density at radius 3 is 2.38 bits per heavy atom. The lowest BCUT2D eigenvalue weighted by Crippen LogP contribution is -2.20. The molecule has 4 aromatic rings. The molecule has 3 heterocycles. The highest BCUT2D eigenvalue weighted by Crippen LogP contribution is 2.18. The third kappa shape index (κ3) is 3.33. The molecule has 0 unspecified atom stereocenters. The van der Waals surface area contributed by atoms with Crippen molar-refractivity contribution in [1.82, 2.24) is 9.97 Å². The molecule has 0 spiro atoms. The minimum absolute atomic E-state index is 0.155. The Morgan fingerprint density at radius 1 is 1.00 bits per heavy atom. The van der Waals surface area contributed by atoms with E-state index in [0.29, 0.717) is 36.8 Å². The van der Waals surface area contributed by atoms with Gasteiger partial charge in [-0.25, -0.2) is 15.0 Å². The molecular formula is C20H10Cl2N4O2S. The average molecular weight is 441 g/mol. The number of hydrogen-bond donors (Lipinski definition) is 2. The van der Waals surface area contributed by atoms with Gasteiger partial charge in [0.1, 0.15) is 0 Å². The molecule has 0 bridgehead atoms. The molecule has 0 saturated carbocycles. The Balaban J connectivity index is 1.64. The molecule has 1 aliphatic rings. The number of nitrogens with zero attached hydrogens (tertiary/aromatic N) is 3. The number of aromatic nitrogens is 2. The maximum absolute atomic E-state index is 11.3. The lowest BCUT2D eigenvalue weighted by molar-refractivity contribution is 0.455. The zero-order valence-electron chi connectivity index (χ0n) is 14.5. The SMILES string of the molecule is O=c1[nH]c(O)c(/C=c2/ccc3cc(=C4N=c5cc(Cl)c(Cl)cc5=N4)ccc3n2)s1. The zero-order valence-corrected chi connectivity index (χ0v) is 16.8. The van der Waals surface area contributed by atoms with Gasteiger partial charge in [-0.05, 0) is 42.5 Å². The molecule has 0 radical (unpaired) electrons. The van der Waals surface area contributed by atoms with Crippen LogP contribution in [0.5, 0.6) is 5.88 Å². The molecule has 0 fully saturated rings. The molecule has 9 heteroatoms. The van der Waals surface area contributed by atoms with Gasteiger partial charge in [-0.1, -0.05) is 40.6 Å². The van der Waals surface area contributed by atoms with Crippen LogP contribution in [0.4, 0.5) is 0 Å². The summed E-state index contributed by atoms with van der Waals surface area (Å²) in [4.78, 5) is 27.4. The lowest BCUT2D eigenvalue weighted by Gasteiger charge is -1.98. The molecule has 5 rings (SSSR count). The minimum atomic E-state index is -0.316. The van der Waals surface area contributed by atoms with E-state index in [1.165, 1.54) is 0 Å². The number of benzene rings is 2. The van der Waals surface area contributed by atoms with E-state index in [0.717, 1.165) is 27.5 Å². The average Bonchev–Trinajstić information content (AvgIpc) is 3.24. The number of H-pyrrole nitrogens is 1. The van der Waals surface area contributed by atoms with Crippen LogP contribution in [-0.4, -0.2) is 15.1 Å². The van der Waals surface area contributed by atoms with Crippen LogP contribution in [0.25, 0.3) is 22.8 Å². The second-order valence-corrected chi connectivity index (χ2v) is 8.15. The number of nitrogens with one attached hydrogen (secondary N) is 1. The Hall–Kier alpha value is -3.00. The highest BCUT2D eigenvalue weighted by atomic mass is 35.5. The van der Waals surface area contributed by atoms with Gasteiger partial charge in [0.2, 0.25) is 5.88 Å². The van der Waals surface area contributed by atoms with Gasteiger partial charge in [0, 0.05) is 10.6 Å². The van der Waals surface area contributed by atoms with Gasteiger partial charge in [0.05, 0.1) is 36.5 Å². The van der Waals surface area contributed by atoms with E-state index < -0.39 is 0 Å². The van der Waals surface area contributed by atoms with Crippen molar-refractivity contribution in [3.63, 3.8) is 0 Å². The van der Waals surface area contributed by atoms with Crippen molar-refractivity contribution in [3.05, 3.63) is 88.3 Å². The Morgan fingerprint density at radius 2 is 1.72 bits per heavy atom. The van der Waals surface area contributed by atoms with Crippen LogP contribution >= 0.6 is 34.5 Å². The van der Waals surface area contributed by atoms with Crippen LogP contribution in [0, 0.1) is 0 Å². The summed E-state index contributed by atoms with van der Waals surface area (Å²) >= 11 is 13.0. The molecular weight excluding hydrogens is 431 g/mol. The number of aromatic hydroxyl groups is 1. The second-order valence-electron chi connectivity index (χ2n) is 6.32. The fraction of sp³-hybridized carbons (Fsp3) is 0. The summed E-state index contributed by atoms with van der Waals surface area (Å²) in [6.45, 7) is 0. The first-order valence-electron chi connectivity index (χ1n) is 8.44. The molecule has 2 aromatic carbocycles. The van der Waals surface area contributed by atoms with Gasteiger partial charge in [-0.3, -0.25) is 9.78 Å². The van der Waals surface area contributed by atoms with Crippen LogP contribution in [0.15, 0.2) is 57.2 Å². The van der Waals surface area contributed by atoms with Crippen molar-refractivity contribution in [3.8, 4) is 5.88 Å². The van der Waals surface area contributed by atoms with Gasteiger partial charge < -0.3 is 5.11 Å². The van der Waals surface area contributed by atoms with Gasteiger partial charge in [0.25, 0.3) is 0 Å². The first-order chi connectivity index (χ1) is 14.0. The summed E-state index contributed by atoms with van der Waals surface area (Å²) in [5.41, 5.74) is 0.770. The van der Waals surface area contributed by atoms with Gasteiger partial charge in [-0.2, -0.15) is 0 Å². The van der Waals surface area contributed by atoms with Crippen molar-refractivity contribution in [2.75, 3.05) is 0 Å². The van der Waals surface area contributed by atoms with Crippen molar-refractivity contribution >= 4 is 57.3 Å². The van der Waals surface area contributed by atoms with E-state index in [-0.39, 0.29) is 10.8 Å². The molecule has 2 aromatic heterocycles. The summed E-state index contributed by atoms with van der Waals surface area (Å²) in [5.74, 6) is 0.427. The molecule has 29 heavy (non-hydrogen) atoms. The number of halogens is 2. The quantitative estimate of drug-likeness (QED) is 0.473. The standard InChI is InChI=1S/C20H10Cl2N4O2S/c21-12-7-15-16(8-13(12)22)25-18(24-15)10-2-4-14-9(5-10)1-3-11(23-14)6-17-19(27)26-20(28)29-17/h1-8,27H,(H,26,28)/b11-6-. The molecule has 0 saturated heterocycles. The number of pyridine rings is 1. The summed E-state index contributed by atoms with van der Waals surface area (Å²) < 4.78 is 0. The summed E-state index contributed by atoms with van der Waals surface area (Å²) in [7, 11) is 0. The summed E-state index contributed by atoms with van der Waals surface area (Å²) in [6.07, 6.45) is 1.66.